The minimum Gasteiger partial charge on any atom is -0.247 e. The standard InChI is InChI=1S/C27H23N/c1-2-22-25(20-12-5-3-6-13-20)24-18-17-19-11-9-10-16-23(19)27(24)28-26(22)21-14-7-4-8-15-21/h3-16H,2,17-18H2,1H3. The number of benzene rings is 3. The van der Waals surface area contributed by atoms with Crippen LogP contribution in [0.3, 0.4) is 0 Å². The van der Waals surface area contributed by atoms with Gasteiger partial charge in [0.25, 0.3) is 0 Å². The van der Waals surface area contributed by atoms with Crippen molar-refractivity contribution in [2.45, 2.75) is 26.2 Å². The summed E-state index contributed by atoms with van der Waals surface area (Å²) in [5.74, 6) is 0. The molecular formula is C27H23N. The molecule has 0 saturated heterocycles. The Labute approximate surface area is 166 Å². The van der Waals surface area contributed by atoms with E-state index in [1.54, 1.807) is 0 Å². The van der Waals surface area contributed by atoms with Crippen molar-refractivity contribution in [2.24, 2.45) is 0 Å². The highest BCUT2D eigenvalue weighted by atomic mass is 14.7. The van der Waals surface area contributed by atoms with E-state index in [9.17, 15) is 0 Å². The third-order valence-corrected chi connectivity index (χ3v) is 5.78. The molecule has 1 aliphatic rings. The quantitative estimate of drug-likeness (QED) is 0.393. The molecule has 0 aliphatic heterocycles. The van der Waals surface area contributed by atoms with Crippen LogP contribution in [0.2, 0.25) is 0 Å². The Morgan fingerprint density at radius 2 is 1.32 bits per heavy atom. The van der Waals surface area contributed by atoms with Crippen molar-refractivity contribution in [1.82, 2.24) is 4.98 Å². The second kappa shape index (κ2) is 7.09. The highest BCUT2D eigenvalue weighted by molar-refractivity contribution is 5.86. The molecule has 0 N–H and O–H groups in total. The van der Waals surface area contributed by atoms with Gasteiger partial charge in [-0.2, -0.15) is 0 Å². The molecule has 3 aromatic carbocycles. The first kappa shape index (κ1) is 16.9. The third kappa shape index (κ3) is 2.75. The van der Waals surface area contributed by atoms with Crippen LogP contribution in [0.1, 0.15) is 23.6 Å². The minimum atomic E-state index is 0.969. The Hall–Kier alpha value is -3.19. The van der Waals surface area contributed by atoms with Gasteiger partial charge in [0.1, 0.15) is 0 Å². The van der Waals surface area contributed by atoms with E-state index in [1.165, 1.54) is 38.9 Å². The number of aryl methyl sites for hydroxylation is 1. The van der Waals surface area contributed by atoms with Crippen LogP contribution in [0.15, 0.2) is 84.9 Å². The summed E-state index contributed by atoms with van der Waals surface area (Å²) in [6.45, 7) is 2.25. The summed E-state index contributed by atoms with van der Waals surface area (Å²) in [7, 11) is 0. The fraction of sp³-hybridized carbons (Fsp3) is 0.148. The van der Waals surface area contributed by atoms with E-state index in [2.05, 4.69) is 91.9 Å². The SMILES string of the molecule is CCc1c(-c2ccccc2)nc2c(c1-c1ccccc1)CCc1ccccc1-2. The van der Waals surface area contributed by atoms with E-state index < -0.39 is 0 Å². The molecule has 28 heavy (non-hydrogen) atoms. The highest BCUT2D eigenvalue weighted by Gasteiger charge is 2.25. The van der Waals surface area contributed by atoms with E-state index in [0.29, 0.717) is 0 Å². The zero-order valence-electron chi connectivity index (χ0n) is 16.2. The number of hydrogen-bond acceptors (Lipinski definition) is 1. The van der Waals surface area contributed by atoms with Crippen molar-refractivity contribution >= 4 is 0 Å². The average molecular weight is 361 g/mol. The van der Waals surface area contributed by atoms with Crippen LogP contribution in [0.25, 0.3) is 33.6 Å². The van der Waals surface area contributed by atoms with E-state index in [4.69, 9.17) is 4.98 Å². The molecule has 0 bridgehead atoms. The fourth-order valence-corrected chi connectivity index (χ4v) is 4.49. The smallest absolute Gasteiger partial charge is 0.0750 e. The van der Waals surface area contributed by atoms with Crippen LogP contribution in [-0.4, -0.2) is 4.98 Å². The molecule has 136 valence electrons. The van der Waals surface area contributed by atoms with Crippen LogP contribution in [0, 0.1) is 0 Å². The van der Waals surface area contributed by atoms with Gasteiger partial charge in [-0.3, -0.25) is 0 Å². The van der Waals surface area contributed by atoms with Crippen molar-refractivity contribution in [3.63, 3.8) is 0 Å². The molecule has 1 aliphatic carbocycles. The molecular weight excluding hydrogens is 338 g/mol. The lowest BCUT2D eigenvalue weighted by molar-refractivity contribution is 0.922. The monoisotopic (exact) mass is 361 g/mol. The minimum absolute atomic E-state index is 0.969. The molecule has 1 heteroatoms. The molecule has 1 aromatic heterocycles. The summed E-state index contributed by atoms with van der Waals surface area (Å²) >= 11 is 0. The molecule has 0 spiro atoms. The number of aromatic nitrogens is 1. The molecule has 5 rings (SSSR count). The molecule has 4 aromatic rings. The van der Waals surface area contributed by atoms with Gasteiger partial charge < -0.3 is 0 Å². The summed E-state index contributed by atoms with van der Waals surface area (Å²) in [6.07, 6.45) is 3.10. The summed E-state index contributed by atoms with van der Waals surface area (Å²) in [6, 6.07) is 30.2. The van der Waals surface area contributed by atoms with Gasteiger partial charge in [0.05, 0.1) is 11.4 Å². The molecule has 0 amide bonds. The molecule has 0 fully saturated rings. The maximum atomic E-state index is 5.28. The normalized spacial score (nSPS) is 12.3. The predicted molar refractivity (Wildman–Crippen MR) is 117 cm³/mol. The highest BCUT2D eigenvalue weighted by Crippen LogP contribution is 2.42. The Morgan fingerprint density at radius 1 is 0.679 bits per heavy atom. The largest absolute Gasteiger partial charge is 0.247 e. The predicted octanol–water partition coefficient (Wildman–Crippen LogP) is 6.74. The number of nitrogens with zero attached hydrogens (tertiary/aromatic N) is 1. The maximum Gasteiger partial charge on any atom is 0.0750 e. The number of rotatable bonds is 3. The van der Waals surface area contributed by atoms with Crippen LogP contribution < -0.4 is 0 Å². The average Bonchev–Trinajstić information content (AvgIpc) is 2.78. The molecule has 0 radical (unpaired) electrons. The Morgan fingerprint density at radius 3 is 2.04 bits per heavy atom. The second-order valence-electron chi connectivity index (χ2n) is 7.38. The number of pyridine rings is 1. The zero-order valence-corrected chi connectivity index (χ0v) is 16.2. The van der Waals surface area contributed by atoms with Crippen LogP contribution in [0.5, 0.6) is 0 Å². The van der Waals surface area contributed by atoms with Gasteiger partial charge >= 0.3 is 0 Å². The van der Waals surface area contributed by atoms with Crippen LogP contribution in [0.4, 0.5) is 0 Å². The van der Waals surface area contributed by atoms with Crippen molar-refractivity contribution in [3.8, 4) is 33.6 Å². The molecule has 0 saturated carbocycles. The lowest BCUT2D eigenvalue weighted by Gasteiger charge is -2.26. The Kier molecular flexibility index (Phi) is 4.29. The lowest BCUT2D eigenvalue weighted by Crippen LogP contribution is -2.11. The van der Waals surface area contributed by atoms with Gasteiger partial charge in [-0.1, -0.05) is 91.9 Å². The third-order valence-electron chi connectivity index (χ3n) is 5.78. The number of fused-ring (bicyclic) bond motifs is 3. The summed E-state index contributed by atoms with van der Waals surface area (Å²) in [5.41, 5.74) is 11.6. The van der Waals surface area contributed by atoms with Crippen LogP contribution in [-0.2, 0) is 19.3 Å². The summed E-state index contributed by atoms with van der Waals surface area (Å²) < 4.78 is 0. The van der Waals surface area contributed by atoms with E-state index in [1.807, 2.05) is 0 Å². The van der Waals surface area contributed by atoms with E-state index in [0.717, 1.165) is 30.7 Å². The molecule has 0 atom stereocenters. The van der Waals surface area contributed by atoms with Crippen molar-refractivity contribution in [1.29, 1.82) is 0 Å². The molecule has 1 heterocycles. The summed E-state index contributed by atoms with van der Waals surface area (Å²) in [5, 5.41) is 0. The first-order valence-electron chi connectivity index (χ1n) is 10.1. The van der Waals surface area contributed by atoms with Gasteiger partial charge in [0, 0.05) is 11.1 Å². The van der Waals surface area contributed by atoms with Crippen LogP contribution >= 0.6 is 0 Å². The van der Waals surface area contributed by atoms with E-state index in [-0.39, 0.29) is 0 Å². The Bertz CT molecular complexity index is 1110. The van der Waals surface area contributed by atoms with Gasteiger partial charge in [-0.25, -0.2) is 4.98 Å². The zero-order chi connectivity index (χ0) is 18.9. The van der Waals surface area contributed by atoms with Crippen molar-refractivity contribution < 1.29 is 0 Å². The fourth-order valence-electron chi connectivity index (χ4n) is 4.49. The lowest BCUT2D eigenvalue weighted by atomic mass is 9.81. The summed E-state index contributed by atoms with van der Waals surface area (Å²) in [4.78, 5) is 5.28. The second-order valence-corrected chi connectivity index (χ2v) is 7.38. The first-order valence-corrected chi connectivity index (χ1v) is 10.1. The van der Waals surface area contributed by atoms with Gasteiger partial charge in [-0.05, 0) is 47.1 Å². The first-order chi connectivity index (χ1) is 13.9. The van der Waals surface area contributed by atoms with Gasteiger partial charge in [0.2, 0.25) is 0 Å². The Balaban J connectivity index is 1.88. The van der Waals surface area contributed by atoms with Crippen molar-refractivity contribution in [2.75, 3.05) is 0 Å². The molecule has 1 nitrogen and oxygen atoms in total. The van der Waals surface area contributed by atoms with Crippen molar-refractivity contribution in [3.05, 3.63) is 102 Å². The van der Waals surface area contributed by atoms with E-state index >= 15 is 0 Å². The van der Waals surface area contributed by atoms with Gasteiger partial charge in [-0.15, -0.1) is 0 Å². The topological polar surface area (TPSA) is 12.9 Å². The number of hydrogen-bond donors (Lipinski definition) is 0. The van der Waals surface area contributed by atoms with Gasteiger partial charge in [0.15, 0.2) is 0 Å². The molecule has 0 unspecified atom stereocenters. The maximum absolute atomic E-state index is 5.28.